The van der Waals surface area contributed by atoms with Crippen LogP contribution in [-0.2, 0) is 33.3 Å². The third-order valence-electron chi connectivity index (χ3n) is 13.1. The van der Waals surface area contributed by atoms with Crippen LogP contribution in [0.15, 0.2) is 85.1 Å². The number of carboxylic acid groups (broad SMARTS) is 1. The first-order valence-electron chi connectivity index (χ1n) is 30.8. The van der Waals surface area contributed by atoms with Crippen LogP contribution >= 0.6 is 0 Å². The lowest BCUT2D eigenvalue weighted by Crippen LogP contribution is -2.40. The van der Waals surface area contributed by atoms with Crippen LogP contribution in [0.4, 0.5) is 0 Å². The van der Waals surface area contributed by atoms with Gasteiger partial charge in [0.25, 0.3) is 6.29 Å². The van der Waals surface area contributed by atoms with Gasteiger partial charge in [-0.3, -0.25) is 9.59 Å². The zero-order valence-corrected chi connectivity index (χ0v) is 49.2. The topological polar surface area (TPSA) is 108 Å². The predicted octanol–water partition coefficient (Wildman–Crippen LogP) is 18.3. The molecular weight excluding hydrogens is 935 g/mol. The van der Waals surface area contributed by atoms with E-state index in [4.69, 9.17) is 18.9 Å². The Morgan fingerprint density at radius 1 is 0.413 bits per heavy atom. The van der Waals surface area contributed by atoms with E-state index < -0.39 is 24.3 Å². The maximum absolute atomic E-state index is 12.9. The number of hydrogen-bond donors (Lipinski definition) is 1. The van der Waals surface area contributed by atoms with E-state index in [1.54, 1.807) is 0 Å². The molecule has 0 amide bonds. The molecule has 0 heterocycles. The molecule has 1 N–H and O–H groups in total. The number of nitrogens with zero attached hydrogens (tertiary/aromatic N) is 1. The summed E-state index contributed by atoms with van der Waals surface area (Å²) in [7, 11) is 5.96. The molecule has 0 aromatic heterocycles. The molecule has 0 aliphatic heterocycles. The van der Waals surface area contributed by atoms with Gasteiger partial charge in [0.15, 0.2) is 6.10 Å². The van der Waals surface area contributed by atoms with E-state index in [9.17, 15) is 19.5 Å². The van der Waals surface area contributed by atoms with Crippen molar-refractivity contribution in [3.8, 4) is 0 Å². The van der Waals surface area contributed by atoms with E-state index >= 15 is 0 Å². The van der Waals surface area contributed by atoms with E-state index in [2.05, 4.69) is 98.9 Å². The Balaban J connectivity index is 3.96. The van der Waals surface area contributed by atoms with Crippen molar-refractivity contribution in [2.24, 2.45) is 0 Å². The summed E-state index contributed by atoms with van der Waals surface area (Å²) in [4.78, 5) is 37.3. The van der Waals surface area contributed by atoms with Crippen LogP contribution in [-0.4, -0.2) is 87.4 Å². The molecule has 0 bridgehead atoms. The second-order valence-electron chi connectivity index (χ2n) is 21.6. The number of carboxylic acids is 1. The molecule has 0 radical (unpaired) electrons. The van der Waals surface area contributed by atoms with Gasteiger partial charge in [0.2, 0.25) is 0 Å². The lowest BCUT2D eigenvalue weighted by molar-refractivity contribution is -0.870. The van der Waals surface area contributed by atoms with Crippen LogP contribution in [0, 0.1) is 0 Å². The predicted molar refractivity (Wildman–Crippen MR) is 318 cm³/mol. The smallest absolute Gasteiger partial charge is 0.361 e. The highest BCUT2D eigenvalue weighted by atomic mass is 16.7. The number of carbonyl (C=O) groups excluding carboxylic acids is 2. The quantitative estimate of drug-likeness (QED) is 0.0211. The number of hydrogen-bond acceptors (Lipinski definition) is 7. The number of rotatable bonds is 56. The number of ether oxygens (including phenoxy) is 4. The number of quaternary nitrogens is 1. The Labute approximate surface area is 461 Å². The van der Waals surface area contributed by atoms with Crippen molar-refractivity contribution in [3.05, 3.63) is 85.1 Å². The average molecular weight is 1050 g/mol. The molecule has 0 aromatic rings. The third-order valence-corrected chi connectivity index (χ3v) is 13.1. The summed E-state index contributed by atoms with van der Waals surface area (Å²) in [6, 6.07) is 0. The second-order valence-corrected chi connectivity index (χ2v) is 21.6. The van der Waals surface area contributed by atoms with Gasteiger partial charge < -0.3 is 28.5 Å². The van der Waals surface area contributed by atoms with E-state index in [0.717, 1.165) is 103 Å². The Bertz CT molecular complexity index is 1500. The normalized spacial score (nSPS) is 13.3. The van der Waals surface area contributed by atoms with Gasteiger partial charge in [-0.05, 0) is 83.5 Å². The Morgan fingerprint density at radius 3 is 1.15 bits per heavy atom. The van der Waals surface area contributed by atoms with Crippen LogP contribution < -0.4 is 0 Å². The first-order chi connectivity index (χ1) is 36.6. The maximum atomic E-state index is 12.9. The number of allylic oxidation sites excluding steroid dienone is 14. The maximum Gasteiger partial charge on any atom is 0.361 e. The summed E-state index contributed by atoms with van der Waals surface area (Å²) in [5, 5.41) is 9.68. The molecule has 0 saturated heterocycles. The van der Waals surface area contributed by atoms with Crippen molar-refractivity contribution in [1.29, 1.82) is 0 Å². The fourth-order valence-electron chi connectivity index (χ4n) is 8.41. The van der Waals surface area contributed by atoms with Gasteiger partial charge in [-0.2, -0.15) is 0 Å². The molecule has 9 nitrogen and oxygen atoms in total. The van der Waals surface area contributed by atoms with E-state index in [1.807, 2.05) is 21.1 Å². The van der Waals surface area contributed by atoms with Crippen LogP contribution in [0.25, 0.3) is 0 Å². The molecular formula is C66H116NO8+. The minimum atomic E-state index is -1.51. The first kappa shape index (κ1) is 71.5. The number of esters is 2. The molecule has 2 atom stereocenters. The van der Waals surface area contributed by atoms with Crippen LogP contribution in [0.2, 0.25) is 0 Å². The van der Waals surface area contributed by atoms with Crippen molar-refractivity contribution >= 4 is 17.9 Å². The summed E-state index contributed by atoms with van der Waals surface area (Å²) in [6.45, 7) is 4.72. The van der Waals surface area contributed by atoms with E-state index in [-0.39, 0.29) is 32.2 Å². The largest absolute Gasteiger partial charge is 0.477 e. The molecule has 9 heteroatoms. The van der Waals surface area contributed by atoms with Crippen molar-refractivity contribution in [1.82, 2.24) is 0 Å². The molecule has 0 aliphatic rings. The summed E-state index contributed by atoms with van der Waals surface area (Å²) in [5.41, 5.74) is 0. The SMILES string of the molecule is CC/C=C\C/C=C\C/C=C\C/C=C\C/C=C\C/C=C\CCCCCCCCCCCCCCCCCCCCCCC(=O)OC(COC(=O)CCCCCCC/C=C\CCCC)COC(OCC[N+](C)(C)C)C(=O)O. The summed E-state index contributed by atoms with van der Waals surface area (Å²) in [6.07, 6.45) is 72.7. The minimum Gasteiger partial charge on any atom is -0.477 e. The number of likely N-dealkylation sites (N-methyl/N-ethyl adjacent to an activating group) is 1. The van der Waals surface area contributed by atoms with Crippen LogP contribution in [0.3, 0.4) is 0 Å². The van der Waals surface area contributed by atoms with Gasteiger partial charge in [0, 0.05) is 12.8 Å². The summed E-state index contributed by atoms with van der Waals surface area (Å²) >= 11 is 0. The Hall–Kier alpha value is -3.53. The molecule has 0 rings (SSSR count). The lowest BCUT2D eigenvalue weighted by Gasteiger charge is -2.25. The summed E-state index contributed by atoms with van der Waals surface area (Å²) < 4.78 is 22.8. The monoisotopic (exact) mass is 1050 g/mol. The third kappa shape index (κ3) is 58.0. The molecule has 0 aliphatic carbocycles. The molecule has 0 spiro atoms. The standard InChI is InChI=1S/C66H115NO8/c1-6-8-10-12-14-16-18-19-20-21-22-23-24-25-26-27-28-29-30-31-32-33-34-35-36-37-38-39-40-41-42-43-44-45-47-49-51-53-55-57-64(69)75-62(61-74-66(65(70)71)72-59-58-67(3,4)5)60-73-63(68)56-54-52-50-48-46-17-15-13-11-9-7-2/h8,10,13-16,19-20,22-23,25-26,28-29,62,66H,6-7,9,11-12,17-18,21,24,27,30-61H2,1-5H3/p+1/b10-8-,15-13-,16-14-,20-19-,23-22-,26-25-,29-28-. The van der Waals surface area contributed by atoms with Gasteiger partial charge in [0.1, 0.15) is 13.2 Å². The second kappa shape index (κ2) is 56.7. The first-order valence-corrected chi connectivity index (χ1v) is 30.8. The van der Waals surface area contributed by atoms with Crippen LogP contribution in [0.5, 0.6) is 0 Å². The van der Waals surface area contributed by atoms with Gasteiger partial charge in [0.05, 0.1) is 34.4 Å². The zero-order chi connectivity index (χ0) is 54.8. The molecule has 2 unspecified atom stereocenters. The highest BCUT2D eigenvalue weighted by Crippen LogP contribution is 2.17. The average Bonchev–Trinajstić information content (AvgIpc) is 3.38. The highest BCUT2D eigenvalue weighted by molar-refractivity contribution is 5.71. The molecule has 0 aromatic carbocycles. The van der Waals surface area contributed by atoms with Crippen molar-refractivity contribution in [2.45, 2.75) is 270 Å². The fraction of sp³-hybridized carbons (Fsp3) is 0.742. The van der Waals surface area contributed by atoms with Gasteiger partial charge in [-0.25, -0.2) is 4.79 Å². The summed E-state index contributed by atoms with van der Waals surface area (Å²) in [5.74, 6) is -2.01. The molecule has 432 valence electrons. The molecule has 75 heavy (non-hydrogen) atoms. The highest BCUT2D eigenvalue weighted by Gasteiger charge is 2.25. The van der Waals surface area contributed by atoms with Gasteiger partial charge in [-0.15, -0.1) is 0 Å². The van der Waals surface area contributed by atoms with Crippen LogP contribution in [0.1, 0.15) is 258 Å². The van der Waals surface area contributed by atoms with E-state index in [0.29, 0.717) is 17.4 Å². The lowest BCUT2D eigenvalue weighted by atomic mass is 10.0. The van der Waals surface area contributed by atoms with Gasteiger partial charge >= 0.3 is 17.9 Å². The number of aliphatic carboxylic acids is 1. The Kier molecular flexibility index (Phi) is 54.0. The molecule has 0 fully saturated rings. The number of unbranched alkanes of at least 4 members (excludes halogenated alkanes) is 27. The van der Waals surface area contributed by atoms with Crippen molar-refractivity contribution < 1.29 is 42.9 Å². The van der Waals surface area contributed by atoms with Crippen molar-refractivity contribution in [2.75, 3.05) is 47.5 Å². The minimum absolute atomic E-state index is 0.186. The van der Waals surface area contributed by atoms with Crippen molar-refractivity contribution in [3.63, 3.8) is 0 Å². The fourth-order valence-corrected chi connectivity index (χ4v) is 8.41. The Morgan fingerprint density at radius 2 is 0.760 bits per heavy atom. The van der Waals surface area contributed by atoms with E-state index in [1.165, 1.54) is 128 Å². The number of carbonyl (C=O) groups is 3. The zero-order valence-electron chi connectivity index (χ0n) is 49.2. The molecule has 0 saturated carbocycles. The van der Waals surface area contributed by atoms with Gasteiger partial charge in [-0.1, -0.05) is 247 Å².